The van der Waals surface area contributed by atoms with Gasteiger partial charge in [0.25, 0.3) is 5.91 Å². The summed E-state index contributed by atoms with van der Waals surface area (Å²) in [5.41, 5.74) is 4.01. The normalized spacial score (nSPS) is 19.8. The minimum absolute atomic E-state index is 0.0461. The monoisotopic (exact) mass is 1360 g/mol. The summed E-state index contributed by atoms with van der Waals surface area (Å²) in [5.74, 6) is -2.14. The number of rotatable bonds is 13. The van der Waals surface area contributed by atoms with E-state index >= 15 is 0 Å². The molecule has 1 aromatic carbocycles. The number of thiazole rings is 6. The molecule has 9 heterocycles. The Kier molecular flexibility index (Phi) is 21.3. The molecule has 0 spiro atoms. The van der Waals surface area contributed by atoms with Gasteiger partial charge >= 0.3 is 0 Å². The topological polar surface area (TPSA) is 309 Å². The van der Waals surface area contributed by atoms with Crippen LogP contribution in [0.5, 0.6) is 0 Å². The minimum atomic E-state index is -1.21. The van der Waals surface area contributed by atoms with Gasteiger partial charge in [-0.3, -0.25) is 33.7 Å². The number of methoxy groups -OCH3 is 1. The molecule has 3 aliphatic rings. The number of carbonyl (C=O) groups is 6. The van der Waals surface area contributed by atoms with Crippen molar-refractivity contribution >= 4 is 115 Å². The number of β-amino-alcohol motifs (C(OH)–C–C–N with tert-alkyl or cyclic N) is 1. The number of ether oxygens (including phenoxy) is 1. The molecule has 0 unspecified atom stereocenters. The van der Waals surface area contributed by atoms with Crippen LogP contribution in [0.4, 0.5) is 5.82 Å². The Morgan fingerprint density at radius 2 is 1.45 bits per heavy atom. The van der Waals surface area contributed by atoms with Crippen LogP contribution in [0, 0.1) is 24.7 Å². The van der Waals surface area contributed by atoms with Gasteiger partial charge in [-0.1, -0.05) is 50.8 Å². The summed E-state index contributed by atoms with van der Waals surface area (Å²) in [6.45, 7) is 13.4. The number of ketones is 1. The van der Waals surface area contributed by atoms with E-state index in [2.05, 4.69) is 38.1 Å². The average molecular weight is 1360 g/mol. The van der Waals surface area contributed by atoms with E-state index in [-0.39, 0.29) is 91.2 Å². The third-order valence-corrected chi connectivity index (χ3v) is 22.3. The van der Waals surface area contributed by atoms with Crippen LogP contribution < -0.4 is 26.6 Å². The first kappa shape index (κ1) is 66.0. The molecule has 29 heteroatoms. The lowest BCUT2D eigenvalue weighted by atomic mass is 9.81. The highest BCUT2D eigenvalue weighted by Gasteiger charge is 2.36. The number of nitrogens with zero attached hydrogens (tertiary/aromatic N) is 9. The number of amides is 5. The van der Waals surface area contributed by atoms with Crippen LogP contribution in [-0.4, -0.2) is 150 Å². The van der Waals surface area contributed by atoms with Crippen molar-refractivity contribution in [1.82, 2.24) is 66.0 Å². The van der Waals surface area contributed by atoms with Gasteiger partial charge in [-0.2, -0.15) is 0 Å². The Morgan fingerprint density at radius 3 is 2.18 bits per heavy atom. The molecule has 1 saturated carbocycles. The number of carbonyl (C=O) groups excluding carboxylic acids is 6. The zero-order valence-electron chi connectivity index (χ0n) is 51.2. The summed E-state index contributed by atoms with van der Waals surface area (Å²) in [6.07, 6.45) is 1.05. The zero-order valence-corrected chi connectivity index (χ0v) is 56.1. The first-order valence-corrected chi connectivity index (χ1v) is 35.3. The lowest BCUT2D eigenvalue weighted by Crippen LogP contribution is -2.51. The van der Waals surface area contributed by atoms with E-state index < -0.39 is 30.0 Å². The maximum atomic E-state index is 14.5. The van der Waals surface area contributed by atoms with E-state index in [1.807, 2.05) is 41.6 Å². The Balaban J connectivity index is 0.911. The summed E-state index contributed by atoms with van der Waals surface area (Å²) in [6, 6.07) is 10.7. The maximum Gasteiger partial charge on any atom is 0.271 e. The molecule has 10 bridgehead atoms. The van der Waals surface area contributed by atoms with Crippen molar-refractivity contribution in [3.05, 3.63) is 118 Å². The SMILES string of the molecule is C=C1NCC(=O)N[C@@H]([C@@H](O)c2ccccc2)c2nc(cs2)-c2nc(cs2)-c2nc(-c3nc(NC(=O)C4CCC(C(=O)N5CCN(CCO)CC5)CC4)cs3)ccc2-c2nc(cs2)C(=O)N[C@@H](CC(=O)NC)c2nc(c(C)s2)C(=O)C[C@H](C(C)C)c2nc1c(COC)s2. The van der Waals surface area contributed by atoms with Crippen molar-refractivity contribution in [3.63, 3.8) is 0 Å². The number of Topliss-reactive ketones (excluding diaryl/α,β-unsaturated/α-hetero) is 1. The molecule has 92 heavy (non-hydrogen) atoms. The van der Waals surface area contributed by atoms with Crippen LogP contribution in [0.2, 0.25) is 0 Å². The summed E-state index contributed by atoms with van der Waals surface area (Å²) >= 11 is 7.68. The summed E-state index contributed by atoms with van der Waals surface area (Å²) < 4.78 is 5.60. The van der Waals surface area contributed by atoms with E-state index in [1.54, 1.807) is 55.1 Å². The van der Waals surface area contributed by atoms with Gasteiger partial charge in [0.15, 0.2) is 5.78 Å². The highest BCUT2D eigenvalue weighted by Crippen LogP contribution is 2.42. The van der Waals surface area contributed by atoms with Crippen molar-refractivity contribution in [3.8, 4) is 43.4 Å². The van der Waals surface area contributed by atoms with Crippen LogP contribution in [0.3, 0.4) is 0 Å². The minimum Gasteiger partial charge on any atom is -0.395 e. The van der Waals surface area contributed by atoms with Gasteiger partial charge in [0.1, 0.15) is 77.2 Å². The largest absolute Gasteiger partial charge is 0.395 e. The molecule has 1 saturated heterocycles. The first-order valence-electron chi connectivity index (χ1n) is 30.2. The average Bonchev–Trinajstić information content (AvgIpc) is 1.60. The lowest BCUT2D eigenvalue weighted by Gasteiger charge is -2.37. The molecule has 1 aliphatic carbocycles. The van der Waals surface area contributed by atoms with E-state index in [1.165, 1.54) is 75.1 Å². The van der Waals surface area contributed by atoms with Crippen molar-refractivity contribution < 1.29 is 43.7 Å². The molecule has 7 aromatic heterocycles. The number of anilines is 1. The zero-order chi connectivity index (χ0) is 64.7. The predicted octanol–water partition coefficient (Wildman–Crippen LogP) is 8.91. The lowest BCUT2D eigenvalue weighted by molar-refractivity contribution is -0.139. The molecule has 5 amide bonds. The Bertz CT molecular complexity index is 3990. The predicted molar refractivity (Wildman–Crippen MR) is 357 cm³/mol. The number of pyridine rings is 1. The molecule has 11 rings (SSSR count). The van der Waals surface area contributed by atoms with Crippen molar-refractivity contribution in [2.24, 2.45) is 17.8 Å². The fourth-order valence-electron chi connectivity index (χ4n) is 11.4. The number of piperazine rings is 1. The van der Waals surface area contributed by atoms with Gasteiger partial charge in [0, 0.05) is 103 Å². The van der Waals surface area contributed by atoms with Crippen molar-refractivity contribution in [2.75, 3.05) is 65.3 Å². The molecule has 0 radical (unpaired) electrons. The molecule has 23 nitrogen and oxygen atoms in total. The van der Waals surface area contributed by atoms with E-state index in [9.17, 15) is 39.0 Å². The van der Waals surface area contributed by atoms with Gasteiger partial charge in [-0.25, -0.2) is 34.9 Å². The number of nitrogens with one attached hydrogen (secondary N) is 5. The molecule has 2 aliphatic heterocycles. The highest BCUT2D eigenvalue weighted by molar-refractivity contribution is 7.15. The van der Waals surface area contributed by atoms with Gasteiger partial charge < -0.3 is 46.4 Å². The summed E-state index contributed by atoms with van der Waals surface area (Å²) in [7, 11) is 3.07. The van der Waals surface area contributed by atoms with E-state index in [0.29, 0.717) is 131 Å². The molecular weight excluding hydrogens is 1290 g/mol. The van der Waals surface area contributed by atoms with E-state index in [0.717, 1.165) is 18.0 Å². The summed E-state index contributed by atoms with van der Waals surface area (Å²) in [5, 5.41) is 46.1. The molecule has 8 aromatic rings. The number of aromatic nitrogens is 7. The second-order valence-electron chi connectivity index (χ2n) is 23.0. The molecule has 2 fully saturated rings. The van der Waals surface area contributed by atoms with Crippen LogP contribution >= 0.6 is 68.0 Å². The number of hydrogen-bond donors (Lipinski definition) is 7. The van der Waals surface area contributed by atoms with Gasteiger partial charge in [-0.15, -0.1) is 68.0 Å². The first-order chi connectivity index (χ1) is 44.4. The second-order valence-corrected chi connectivity index (χ2v) is 28.8. The molecule has 7 N–H and O–H groups in total. The number of aliphatic hydroxyl groups excluding tert-OH is 2. The van der Waals surface area contributed by atoms with Crippen molar-refractivity contribution in [1.29, 1.82) is 0 Å². The highest BCUT2D eigenvalue weighted by atomic mass is 32.1. The van der Waals surface area contributed by atoms with Gasteiger partial charge in [0.05, 0.1) is 53.5 Å². The fourth-order valence-corrected chi connectivity index (χ4v) is 17.0. The van der Waals surface area contributed by atoms with Crippen LogP contribution in [0.25, 0.3) is 49.1 Å². The van der Waals surface area contributed by atoms with Crippen LogP contribution in [0.1, 0.15) is 133 Å². The standard InChI is InChI=1S/C63H70N14O9S6/c1-32(2)39-24-45(79)51-34(4)91-61(75-51)41(25-48(80)64-5)67-56(84)43-29-87-57(69-43)38-16-17-40(59-72-47(31-90-59)71-55(83)36-12-14-37(15-13-36)63(85)77-20-18-76(19-21-77)22-23-78)66-52(38)42-28-88-60(68-42)44-30-89-62(70-44)53(54(82)35-10-8-7-9-11-35)73-49(81)26-65-33(3)50-46(27-86-6)92-58(39)74-50/h7-11,16-17,28-32,36-37,39,41,53-54,65,78,82H,3,12-15,18-27H2,1-2,4-6H3,(H,64,80)(H,67,84)(H,71,83)(H,73,81)/t36?,37?,39-,41+,53+,54+/m1/s1. The Labute approximate surface area is 555 Å². The Hall–Kier alpha value is -7.45. The number of aryl methyl sites for hydroxylation is 1. The smallest absolute Gasteiger partial charge is 0.271 e. The van der Waals surface area contributed by atoms with Crippen LogP contribution in [-0.2, 0) is 30.5 Å². The molecular formula is C63H70N14O9S6. The number of aliphatic hydroxyl groups is 2. The fraction of sp³-hybridized carbons (Fsp3) is 0.413. The number of benzene rings is 1. The third kappa shape index (κ3) is 15.1. The number of fused-ring (bicyclic) bond motifs is 14. The number of hydrogen-bond acceptors (Lipinski definition) is 24. The second kappa shape index (κ2) is 29.7. The van der Waals surface area contributed by atoms with Crippen LogP contribution in [0.15, 0.2) is 70.6 Å². The van der Waals surface area contributed by atoms with Crippen molar-refractivity contribution in [2.45, 2.75) is 90.0 Å². The van der Waals surface area contributed by atoms with E-state index in [4.69, 9.17) is 39.6 Å². The summed E-state index contributed by atoms with van der Waals surface area (Å²) in [4.78, 5) is 124. The maximum absolute atomic E-state index is 14.5. The van der Waals surface area contributed by atoms with Gasteiger partial charge in [0.2, 0.25) is 23.6 Å². The molecule has 482 valence electrons. The van der Waals surface area contributed by atoms with Gasteiger partial charge in [-0.05, 0) is 56.2 Å². The molecule has 4 atom stereocenters. The Morgan fingerprint density at radius 1 is 0.750 bits per heavy atom. The quantitative estimate of drug-likeness (QED) is 0.0566. The third-order valence-electron chi connectivity index (χ3n) is 16.5.